The summed E-state index contributed by atoms with van der Waals surface area (Å²) < 4.78 is 5.38. The summed E-state index contributed by atoms with van der Waals surface area (Å²) in [4.78, 5) is 12.2. The molecule has 1 heterocycles. The maximum atomic E-state index is 12.2. The van der Waals surface area contributed by atoms with Crippen LogP contribution in [0, 0.1) is 5.41 Å². The van der Waals surface area contributed by atoms with Gasteiger partial charge in [-0.25, -0.2) is 0 Å². The average Bonchev–Trinajstić information content (AvgIpc) is 2.91. The van der Waals surface area contributed by atoms with Crippen LogP contribution in [-0.2, 0) is 0 Å². The third kappa shape index (κ3) is 2.56. The molecule has 0 atom stereocenters. The van der Waals surface area contributed by atoms with Crippen LogP contribution in [-0.4, -0.2) is 11.9 Å². The number of fused-ring (bicyclic) bond motifs is 1. The monoisotopic (exact) mass is 290 g/mol. The Hall–Kier alpha value is -1.81. The average molecular weight is 291 g/mol. The zero-order valence-electron chi connectivity index (χ0n) is 10.9. The van der Waals surface area contributed by atoms with E-state index in [0.29, 0.717) is 10.6 Å². The van der Waals surface area contributed by atoms with E-state index in [1.54, 1.807) is 24.3 Å². The van der Waals surface area contributed by atoms with Crippen molar-refractivity contribution in [2.75, 3.05) is 0 Å². The Labute approximate surface area is 121 Å². The third-order valence-electron chi connectivity index (χ3n) is 3.66. The SMILES string of the molecule is N=c1oc2ccc(Cl)cc2cc1C(=O)NC1CCCC1. The van der Waals surface area contributed by atoms with Gasteiger partial charge in [0.05, 0.1) is 0 Å². The molecule has 0 bridgehead atoms. The van der Waals surface area contributed by atoms with Crippen molar-refractivity contribution in [2.24, 2.45) is 0 Å². The predicted octanol–water partition coefficient (Wildman–Crippen LogP) is 3.24. The molecule has 5 heteroatoms. The molecule has 2 aromatic rings. The standard InChI is InChI=1S/C15H15ClN2O2/c16-10-5-6-13-9(7-10)8-12(14(17)20-13)15(19)18-11-3-1-2-4-11/h5-8,11,17H,1-4H2,(H,18,19). The first-order valence-corrected chi connectivity index (χ1v) is 7.10. The number of amides is 1. The van der Waals surface area contributed by atoms with Crippen LogP contribution in [0.25, 0.3) is 11.0 Å². The minimum absolute atomic E-state index is 0.115. The minimum atomic E-state index is -0.243. The minimum Gasteiger partial charge on any atom is -0.438 e. The van der Waals surface area contributed by atoms with Crippen molar-refractivity contribution in [1.82, 2.24) is 5.32 Å². The van der Waals surface area contributed by atoms with Crippen molar-refractivity contribution in [3.05, 3.63) is 40.4 Å². The van der Waals surface area contributed by atoms with Crippen LogP contribution in [0.3, 0.4) is 0 Å². The van der Waals surface area contributed by atoms with Crippen molar-refractivity contribution in [3.8, 4) is 0 Å². The summed E-state index contributed by atoms with van der Waals surface area (Å²) in [6.45, 7) is 0. The molecular weight excluding hydrogens is 276 g/mol. The zero-order chi connectivity index (χ0) is 14.1. The second-order valence-electron chi connectivity index (χ2n) is 5.13. The smallest absolute Gasteiger partial charge is 0.257 e. The third-order valence-corrected chi connectivity index (χ3v) is 3.90. The zero-order valence-corrected chi connectivity index (χ0v) is 11.7. The molecule has 1 fully saturated rings. The molecule has 1 aromatic heterocycles. The highest BCUT2D eigenvalue weighted by Crippen LogP contribution is 2.20. The van der Waals surface area contributed by atoms with E-state index in [-0.39, 0.29) is 23.1 Å². The van der Waals surface area contributed by atoms with Crippen LogP contribution in [0.15, 0.2) is 28.7 Å². The Morgan fingerprint density at radius 2 is 2.05 bits per heavy atom. The summed E-state index contributed by atoms with van der Waals surface area (Å²) >= 11 is 5.94. The Morgan fingerprint density at radius 3 is 2.80 bits per heavy atom. The molecule has 0 unspecified atom stereocenters. The van der Waals surface area contributed by atoms with Gasteiger partial charge in [-0.1, -0.05) is 24.4 Å². The molecule has 1 aliphatic rings. The van der Waals surface area contributed by atoms with Crippen molar-refractivity contribution in [3.63, 3.8) is 0 Å². The quantitative estimate of drug-likeness (QED) is 0.891. The van der Waals surface area contributed by atoms with Crippen LogP contribution in [0.5, 0.6) is 0 Å². The molecule has 0 radical (unpaired) electrons. The molecule has 1 amide bonds. The number of halogens is 1. The van der Waals surface area contributed by atoms with Gasteiger partial charge in [0.15, 0.2) is 0 Å². The Kier molecular flexibility index (Phi) is 3.49. The van der Waals surface area contributed by atoms with Gasteiger partial charge in [-0.15, -0.1) is 0 Å². The highest BCUT2D eigenvalue weighted by atomic mass is 35.5. The summed E-state index contributed by atoms with van der Waals surface area (Å²) in [7, 11) is 0. The number of hydrogen-bond acceptors (Lipinski definition) is 3. The van der Waals surface area contributed by atoms with Crippen molar-refractivity contribution in [1.29, 1.82) is 5.41 Å². The van der Waals surface area contributed by atoms with E-state index in [1.165, 1.54) is 0 Å². The van der Waals surface area contributed by atoms with E-state index < -0.39 is 0 Å². The number of rotatable bonds is 2. The molecule has 2 N–H and O–H groups in total. The molecule has 4 nitrogen and oxygen atoms in total. The number of hydrogen-bond donors (Lipinski definition) is 2. The molecule has 104 valence electrons. The summed E-state index contributed by atoms with van der Waals surface area (Å²) in [5.41, 5.74) is 0.693. The van der Waals surface area contributed by atoms with Gasteiger partial charge in [0.25, 0.3) is 5.91 Å². The maximum absolute atomic E-state index is 12.2. The Morgan fingerprint density at radius 1 is 1.30 bits per heavy atom. The van der Waals surface area contributed by atoms with Crippen molar-refractivity contribution < 1.29 is 9.21 Å². The molecule has 0 saturated heterocycles. The van der Waals surface area contributed by atoms with Gasteiger partial charge in [0.2, 0.25) is 5.55 Å². The van der Waals surface area contributed by atoms with E-state index in [4.69, 9.17) is 21.4 Å². The first-order valence-electron chi connectivity index (χ1n) is 6.72. The maximum Gasteiger partial charge on any atom is 0.257 e. The summed E-state index contributed by atoms with van der Waals surface area (Å²) in [6.07, 6.45) is 4.32. The number of carbonyl (C=O) groups is 1. The summed E-state index contributed by atoms with van der Waals surface area (Å²) in [6, 6.07) is 7.01. The molecule has 0 aliphatic heterocycles. The molecule has 20 heavy (non-hydrogen) atoms. The first kappa shape index (κ1) is 13.2. The topological polar surface area (TPSA) is 66.1 Å². The second kappa shape index (κ2) is 5.29. The fraction of sp³-hybridized carbons (Fsp3) is 0.333. The van der Waals surface area contributed by atoms with E-state index >= 15 is 0 Å². The van der Waals surface area contributed by atoms with Gasteiger partial charge < -0.3 is 9.73 Å². The predicted molar refractivity (Wildman–Crippen MR) is 76.8 cm³/mol. The van der Waals surface area contributed by atoms with Gasteiger partial charge >= 0.3 is 0 Å². The molecular formula is C15H15ClN2O2. The second-order valence-corrected chi connectivity index (χ2v) is 5.56. The van der Waals surface area contributed by atoms with Gasteiger partial charge in [-0.2, -0.15) is 0 Å². The Balaban J connectivity index is 1.95. The number of nitrogens with one attached hydrogen (secondary N) is 2. The fourth-order valence-corrected chi connectivity index (χ4v) is 2.79. The van der Waals surface area contributed by atoms with Crippen LogP contribution < -0.4 is 10.9 Å². The summed E-state index contributed by atoms with van der Waals surface area (Å²) in [5, 5.41) is 12.1. The van der Waals surface area contributed by atoms with E-state index in [2.05, 4.69) is 5.32 Å². The largest absolute Gasteiger partial charge is 0.438 e. The molecule has 1 aliphatic carbocycles. The first-order chi connectivity index (χ1) is 9.63. The lowest BCUT2D eigenvalue weighted by atomic mass is 10.1. The molecule has 3 rings (SSSR count). The van der Waals surface area contributed by atoms with Crippen LogP contribution in [0.2, 0.25) is 5.02 Å². The Bertz CT molecular complexity index is 717. The van der Waals surface area contributed by atoms with Crippen molar-refractivity contribution >= 4 is 28.5 Å². The number of carbonyl (C=O) groups excluding carboxylic acids is 1. The lowest BCUT2D eigenvalue weighted by Gasteiger charge is -2.11. The highest BCUT2D eigenvalue weighted by Gasteiger charge is 2.19. The lowest BCUT2D eigenvalue weighted by Crippen LogP contribution is -2.35. The number of benzene rings is 1. The van der Waals surface area contributed by atoms with E-state index in [9.17, 15) is 4.79 Å². The fourth-order valence-electron chi connectivity index (χ4n) is 2.61. The van der Waals surface area contributed by atoms with Gasteiger partial charge in [0, 0.05) is 16.5 Å². The normalized spacial score (nSPS) is 15.7. The molecule has 0 spiro atoms. The molecule has 1 saturated carbocycles. The van der Waals surface area contributed by atoms with Gasteiger partial charge in [0.1, 0.15) is 11.1 Å². The van der Waals surface area contributed by atoms with Crippen LogP contribution in [0.1, 0.15) is 36.0 Å². The molecule has 1 aromatic carbocycles. The van der Waals surface area contributed by atoms with Crippen molar-refractivity contribution in [2.45, 2.75) is 31.7 Å². The van der Waals surface area contributed by atoms with Gasteiger partial charge in [-0.3, -0.25) is 10.2 Å². The summed E-state index contributed by atoms with van der Waals surface area (Å²) in [5.74, 6) is -0.243. The lowest BCUT2D eigenvalue weighted by molar-refractivity contribution is 0.0933. The van der Waals surface area contributed by atoms with Crippen LogP contribution in [0.4, 0.5) is 0 Å². The van der Waals surface area contributed by atoms with Gasteiger partial charge in [-0.05, 0) is 37.1 Å². The van der Waals surface area contributed by atoms with Crippen LogP contribution >= 0.6 is 11.6 Å². The highest BCUT2D eigenvalue weighted by molar-refractivity contribution is 6.31. The van der Waals surface area contributed by atoms with E-state index in [1.807, 2.05) is 0 Å². The van der Waals surface area contributed by atoms with E-state index in [0.717, 1.165) is 31.1 Å².